The second-order valence-corrected chi connectivity index (χ2v) is 8.64. The van der Waals surface area contributed by atoms with Crippen molar-refractivity contribution in [1.82, 2.24) is 24.8 Å². The molecule has 1 saturated heterocycles. The second-order valence-electron chi connectivity index (χ2n) is 8.64. The molecule has 0 radical (unpaired) electrons. The summed E-state index contributed by atoms with van der Waals surface area (Å²) in [5.74, 6) is -0.366. The fraction of sp³-hybridized carbons (Fsp3) is 0.308. The molecule has 10 heteroatoms. The fourth-order valence-electron chi connectivity index (χ4n) is 4.15. The van der Waals surface area contributed by atoms with E-state index in [0.717, 1.165) is 56.5 Å². The van der Waals surface area contributed by atoms with E-state index in [2.05, 4.69) is 20.1 Å². The number of hydrogen-bond donors (Lipinski definition) is 0. The van der Waals surface area contributed by atoms with Gasteiger partial charge in [-0.2, -0.15) is 10.1 Å². The molecule has 8 nitrogen and oxygen atoms in total. The molecule has 1 fully saturated rings. The van der Waals surface area contributed by atoms with Crippen LogP contribution < -0.4 is 5.56 Å². The van der Waals surface area contributed by atoms with Crippen molar-refractivity contribution in [3.8, 4) is 22.6 Å². The standard InChI is InChI=1S/C26H25F2N5O3/c27-21-14-20(15-22(28)16-21)23-6-7-25(34)33(30-23)17-18-3-1-4-19(13-18)26-29-24(36-31-26)5-2-8-32-9-11-35-12-10-32/h1,3-4,6-7,13-16H,2,5,8-12,17H2. The van der Waals surface area contributed by atoms with Crippen LogP contribution in [0.2, 0.25) is 0 Å². The first kappa shape index (κ1) is 24.0. The van der Waals surface area contributed by atoms with Gasteiger partial charge in [0, 0.05) is 42.8 Å². The van der Waals surface area contributed by atoms with Gasteiger partial charge in [0.25, 0.3) is 5.56 Å². The summed E-state index contributed by atoms with van der Waals surface area (Å²) in [6.07, 6.45) is 1.61. The Hall–Kier alpha value is -3.76. The number of aryl methyl sites for hydroxylation is 1. The molecule has 1 aliphatic heterocycles. The van der Waals surface area contributed by atoms with Crippen LogP contribution in [0, 0.1) is 11.6 Å². The van der Waals surface area contributed by atoms with E-state index in [1.807, 2.05) is 24.3 Å². The van der Waals surface area contributed by atoms with Crippen LogP contribution in [0.5, 0.6) is 0 Å². The van der Waals surface area contributed by atoms with Gasteiger partial charge in [0.15, 0.2) is 0 Å². The van der Waals surface area contributed by atoms with Crippen molar-refractivity contribution in [2.24, 2.45) is 0 Å². The summed E-state index contributed by atoms with van der Waals surface area (Å²) in [6.45, 7) is 4.57. The van der Waals surface area contributed by atoms with E-state index in [1.54, 1.807) is 0 Å². The van der Waals surface area contributed by atoms with Crippen molar-refractivity contribution >= 4 is 0 Å². The van der Waals surface area contributed by atoms with E-state index >= 15 is 0 Å². The third kappa shape index (κ3) is 5.89. The molecule has 2 aromatic carbocycles. The van der Waals surface area contributed by atoms with Crippen molar-refractivity contribution < 1.29 is 18.0 Å². The monoisotopic (exact) mass is 493 g/mol. The maximum absolute atomic E-state index is 13.6. The van der Waals surface area contributed by atoms with E-state index in [4.69, 9.17) is 9.26 Å². The molecule has 36 heavy (non-hydrogen) atoms. The number of benzene rings is 2. The molecule has 0 saturated carbocycles. The number of morpholine rings is 1. The third-order valence-electron chi connectivity index (χ3n) is 5.98. The zero-order chi connectivity index (χ0) is 24.9. The first-order valence-electron chi connectivity index (χ1n) is 11.8. The Morgan fingerprint density at radius 3 is 2.56 bits per heavy atom. The van der Waals surface area contributed by atoms with Gasteiger partial charge >= 0.3 is 0 Å². The van der Waals surface area contributed by atoms with Crippen molar-refractivity contribution in [1.29, 1.82) is 0 Å². The summed E-state index contributed by atoms with van der Waals surface area (Å²) in [7, 11) is 0. The van der Waals surface area contributed by atoms with Crippen LogP contribution in [0.25, 0.3) is 22.6 Å². The van der Waals surface area contributed by atoms with Crippen molar-refractivity contribution in [3.63, 3.8) is 0 Å². The fourth-order valence-corrected chi connectivity index (χ4v) is 4.15. The molecule has 0 bridgehead atoms. The van der Waals surface area contributed by atoms with Gasteiger partial charge in [-0.3, -0.25) is 9.69 Å². The lowest BCUT2D eigenvalue weighted by Gasteiger charge is -2.26. The second kappa shape index (κ2) is 10.9. The van der Waals surface area contributed by atoms with E-state index < -0.39 is 11.6 Å². The van der Waals surface area contributed by atoms with Crippen molar-refractivity contribution in [2.45, 2.75) is 19.4 Å². The average Bonchev–Trinajstić information content (AvgIpc) is 3.35. The topological polar surface area (TPSA) is 86.3 Å². The SMILES string of the molecule is O=c1ccc(-c2cc(F)cc(F)c2)nn1Cc1cccc(-c2noc(CCCN3CCOCC3)n2)c1. The average molecular weight is 494 g/mol. The highest BCUT2D eigenvalue weighted by molar-refractivity contribution is 5.58. The predicted octanol–water partition coefficient (Wildman–Crippen LogP) is 3.55. The largest absolute Gasteiger partial charge is 0.379 e. The zero-order valence-electron chi connectivity index (χ0n) is 19.6. The molecule has 2 aromatic heterocycles. The lowest BCUT2D eigenvalue weighted by atomic mass is 10.1. The first-order valence-corrected chi connectivity index (χ1v) is 11.8. The van der Waals surface area contributed by atoms with Crippen LogP contribution in [0.1, 0.15) is 17.9 Å². The summed E-state index contributed by atoms with van der Waals surface area (Å²) in [4.78, 5) is 19.3. The molecule has 1 aliphatic rings. The summed E-state index contributed by atoms with van der Waals surface area (Å²) in [5, 5.41) is 8.42. The van der Waals surface area contributed by atoms with Crippen LogP contribution in [-0.4, -0.2) is 57.7 Å². The number of rotatable bonds is 8. The van der Waals surface area contributed by atoms with Gasteiger partial charge in [0.2, 0.25) is 11.7 Å². The Balaban J connectivity index is 1.28. The van der Waals surface area contributed by atoms with Gasteiger partial charge in [0.1, 0.15) is 11.6 Å². The molecule has 0 aliphatic carbocycles. The molecule has 0 spiro atoms. The highest BCUT2D eigenvalue weighted by Crippen LogP contribution is 2.20. The quantitative estimate of drug-likeness (QED) is 0.371. The Kier molecular flexibility index (Phi) is 7.24. The number of hydrogen-bond acceptors (Lipinski definition) is 7. The third-order valence-corrected chi connectivity index (χ3v) is 5.98. The van der Waals surface area contributed by atoms with Crippen LogP contribution in [-0.2, 0) is 17.7 Å². The van der Waals surface area contributed by atoms with Gasteiger partial charge in [-0.1, -0.05) is 23.4 Å². The van der Waals surface area contributed by atoms with Crippen LogP contribution in [0.4, 0.5) is 8.78 Å². The summed E-state index contributed by atoms with van der Waals surface area (Å²) < 4.78 is 39.3. The summed E-state index contributed by atoms with van der Waals surface area (Å²) in [5.41, 5.74) is 1.77. The smallest absolute Gasteiger partial charge is 0.267 e. The highest BCUT2D eigenvalue weighted by Gasteiger charge is 2.13. The van der Waals surface area contributed by atoms with Gasteiger partial charge in [-0.05, 0) is 42.8 Å². The minimum absolute atomic E-state index is 0.169. The predicted molar refractivity (Wildman–Crippen MR) is 128 cm³/mol. The van der Waals surface area contributed by atoms with Gasteiger partial charge in [0.05, 0.1) is 25.5 Å². The van der Waals surface area contributed by atoms with E-state index in [9.17, 15) is 13.6 Å². The molecule has 3 heterocycles. The molecule has 0 N–H and O–H groups in total. The minimum atomic E-state index is -0.710. The number of aromatic nitrogens is 4. The highest BCUT2D eigenvalue weighted by atomic mass is 19.1. The molecule has 186 valence electrons. The molecule has 0 amide bonds. The summed E-state index contributed by atoms with van der Waals surface area (Å²) in [6, 6.07) is 13.4. The molecular formula is C26H25F2N5O3. The van der Waals surface area contributed by atoms with E-state index in [0.29, 0.717) is 23.8 Å². The Bertz CT molecular complexity index is 1380. The molecule has 0 unspecified atom stereocenters. The van der Waals surface area contributed by atoms with Gasteiger partial charge < -0.3 is 9.26 Å². The summed E-state index contributed by atoms with van der Waals surface area (Å²) >= 11 is 0. The van der Waals surface area contributed by atoms with Crippen molar-refractivity contribution in [2.75, 3.05) is 32.8 Å². The van der Waals surface area contributed by atoms with Crippen molar-refractivity contribution in [3.05, 3.63) is 88.0 Å². The first-order chi connectivity index (χ1) is 17.5. The number of ether oxygens (including phenoxy) is 1. The molecular weight excluding hydrogens is 468 g/mol. The van der Waals surface area contributed by atoms with Gasteiger partial charge in [-0.25, -0.2) is 13.5 Å². The Morgan fingerprint density at radius 1 is 0.944 bits per heavy atom. The normalized spacial score (nSPS) is 14.3. The number of nitrogens with zero attached hydrogens (tertiary/aromatic N) is 5. The Labute approximate surface area is 206 Å². The number of halogens is 2. The maximum atomic E-state index is 13.6. The van der Waals surface area contributed by atoms with Crippen LogP contribution in [0.3, 0.4) is 0 Å². The lowest BCUT2D eigenvalue weighted by Crippen LogP contribution is -2.36. The van der Waals surface area contributed by atoms with Crippen LogP contribution in [0.15, 0.2) is 63.9 Å². The Morgan fingerprint density at radius 2 is 1.75 bits per heavy atom. The molecule has 4 aromatic rings. The maximum Gasteiger partial charge on any atom is 0.267 e. The molecule has 5 rings (SSSR count). The minimum Gasteiger partial charge on any atom is -0.379 e. The van der Waals surface area contributed by atoms with E-state index in [-0.39, 0.29) is 17.7 Å². The lowest BCUT2D eigenvalue weighted by molar-refractivity contribution is 0.0372. The van der Waals surface area contributed by atoms with Gasteiger partial charge in [-0.15, -0.1) is 0 Å². The zero-order valence-corrected chi connectivity index (χ0v) is 19.6. The van der Waals surface area contributed by atoms with Crippen LogP contribution >= 0.6 is 0 Å². The van der Waals surface area contributed by atoms with E-state index in [1.165, 1.54) is 28.9 Å². The molecule has 0 atom stereocenters.